The number of anilines is 1. The van der Waals surface area contributed by atoms with Crippen molar-refractivity contribution in [1.82, 2.24) is 19.9 Å². The van der Waals surface area contributed by atoms with E-state index >= 15 is 0 Å². The van der Waals surface area contributed by atoms with Gasteiger partial charge in [-0.3, -0.25) is 4.98 Å². The van der Waals surface area contributed by atoms with Crippen molar-refractivity contribution < 1.29 is 4.74 Å². The van der Waals surface area contributed by atoms with E-state index in [4.69, 9.17) is 16.3 Å². The molecule has 0 bridgehead atoms. The lowest BCUT2D eigenvalue weighted by Crippen LogP contribution is -2.12. The predicted octanol–water partition coefficient (Wildman–Crippen LogP) is 2.49. The Morgan fingerprint density at radius 1 is 1.32 bits per heavy atom. The van der Waals surface area contributed by atoms with E-state index in [0.717, 1.165) is 5.69 Å². The van der Waals surface area contributed by atoms with Gasteiger partial charge in [-0.05, 0) is 37.6 Å². The average molecular weight is 280 g/mol. The van der Waals surface area contributed by atoms with Crippen molar-refractivity contribution in [3.05, 3.63) is 35.4 Å². The highest BCUT2D eigenvalue weighted by molar-refractivity contribution is 6.28. The summed E-state index contributed by atoms with van der Waals surface area (Å²) >= 11 is 5.82. The van der Waals surface area contributed by atoms with E-state index in [1.54, 1.807) is 6.20 Å². The minimum atomic E-state index is -0.0471. The number of nitrogens with one attached hydrogen (secondary N) is 1. The molecule has 1 atom stereocenters. The molecule has 2 aromatic rings. The van der Waals surface area contributed by atoms with Crippen molar-refractivity contribution in [2.75, 3.05) is 11.9 Å². The molecule has 0 spiro atoms. The van der Waals surface area contributed by atoms with E-state index in [1.165, 1.54) is 0 Å². The summed E-state index contributed by atoms with van der Waals surface area (Å²) in [5.74, 6) is 0.363. The van der Waals surface area contributed by atoms with Crippen molar-refractivity contribution in [3.8, 4) is 6.01 Å². The summed E-state index contributed by atoms with van der Waals surface area (Å²) in [6, 6.07) is 5.87. The summed E-state index contributed by atoms with van der Waals surface area (Å²) in [4.78, 5) is 16.3. The highest BCUT2D eigenvalue weighted by Crippen LogP contribution is 2.17. The molecule has 0 radical (unpaired) electrons. The van der Waals surface area contributed by atoms with Gasteiger partial charge in [0.05, 0.1) is 18.3 Å². The van der Waals surface area contributed by atoms with Gasteiger partial charge >= 0.3 is 6.01 Å². The number of pyridine rings is 1. The average Bonchev–Trinajstić information content (AvgIpc) is 2.39. The molecule has 19 heavy (non-hydrogen) atoms. The first kappa shape index (κ1) is 13.5. The van der Waals surface area contributed by atoms with Crippen LogP contribution >= 0.6 is 11.6 Å². The van der Waals surface area contributed by atoms with E-state index in [2.05, 4.69) is 25.3 Å². The standard InChI is InChI=1S/C12H14ClN5O/c1-3-19-12-17-10(13)16-11(18-12)15-8(2)9-6-4-5-7-14-9/h4-8H,3H2,1-2H3,(H,15,16,17,18). The summed E-state index contributed by atoms with van der Waals surface area (Å²) < 4.78 is 5.21. The molecular weight excluding hydrogens is 266 g/mol. The van der Waals surface area contributed by atoms with Gasteiger partial charge in [-0.25, -0.2) is 0 Å². The highest BCUT2D eigenvalue weighted by Gasteiger charge is 2.10. The molecule has 2 aromatic heterocycles. The lowest BCUT2D eigenvalue weighted by atomic mass is 10.2. The molecule has 0 saturated heterocycles. The molecule has 7 heteroatoms. The van der Waals surface area contributed by atoms with Gasteiger partial charge in [0, 0.05) is 6.20 Å². The second kappa shape index (κ2) is 6.29. The molecule has 100 valence electrons. The number of rotatable bonds is 5. The van der Waals surface area contributed by atoms with Gasteiger partial charge in [-0.1, -0.05) is 6.07 Å². The van der Waals surface area contributed by atoms with Gasteiger partial charge in [0.25, 0.3) is 0 Å². The van der Waals surface area contributed by atoms with E-state index in [0.29, 0.717) is 12.6 Å². The Kier molecular flexibility index (Phi) is 4.46. The lowest BCUT2D eigenvalue weighted by Gasteiger charge is -2.13. The van der Waals surface area contributed by atoms with Gasteiger partial charge in [-0.15, -0.1) is 0 Å². The fraction of sp³-hybridized carbons (Fsp3) is 0.333. The van der Waals surface area contributed by atoms with Crippen molar-refractivity contribution in [3.63, 3.8) is 0 Å². The first-order valence-electron chi connectivity index (χ1n) is 5.91. The molecule has 0 amide bonds. The van der Waals surface area contributed by atoms with E-state index < -0.39 is 0 Å². The Bertz CT molecular complexity index is 537. The molecule has 0 aliphatic heterocycles. The summed E-state index contributed by atoms with van der Waals surface area (Å²) in [5, 5.41) is 3.20. The maximum atomic E-state index is 5.82. The number of ether oxygens (including phenoxy) is 1. The quantitative estimate of drug-likeness (QED) is 0.906. The van der Waals surface area contributed by atoms with Crippen LogP contribution in [0, 0.1) is 0 Å². The smallest absolute Gasteiger partial charge is 0.322 e. The second-order valence-electron chi connectivity index (χ2n) is 3.76. The maximum Gasteiger partial charge on any atom is 0.322 e. The maximum absolute atomic E-state index is 5.82. The van der Waals surface area contributed by atoms with Gasteiger partial charge in [0.2, 0.25) is 11.2 Å². The van der Waals surface area contributed by atoms with Crippen LogP contribution in [-0.2, 0) is 0 Å². The second-order valence-corrected chi connectivity index (χ2v) is 4.10. The first-order chi connectivity index (χ1) is 9.19. The lowest BCUT2D eigenvalue weighted by molar-refractivity contribution is 0.312. The Morgan fingerprint density at radius 3 is 2.84 bits per heavy atom. The van der Waals surface area contributed by atoms with Crippen LogP contribution in [0.3, 0.4) is 0 Å². The van der Waals surface area contributed by atoms with Crippen molar-refractivity contribution in [2.45, 2.75) is 19.9 Å². The van der Waals surface area contributed by atoms with Crippen LogP contribution in [0.1, 0.15) is 25.6 Å². The van der Waals surface area contributed by atoms with E-state index in [-0.39, 0.29) is 17.3 Å². The van der Waals surface area contributed by atoms with Crippen LogP contribution < -0.4 is 10.1 Å². The zero-order valence-corrected chi connectivity index (χ0v) is 11.4. The Balaban J connectivity index is 2.14. The number of nitrogens with zero attached hydrogens (tertiary/aromatic N) is 4. The zero-order chi connectivity index (χ0) is 13.7. The highest BCUT2D eigenvalue weighted by atomic mass is 35.5. The SMILES string of the molecule is CCOc1nc(Cl)nc(NC(C)c2ccccn2)n1. The predicted molar refractivity (Wildman–Crippen MR) is 72.3 cm³/mol. The van der Waals surface area contributed by atoms with Crippen LogP contribution in [0.2, 0.25) is 5.28 Å². The molecule has 0 aromatic carbocycles. The summed E-state index contributed by atoms with van der Waals surface area (Å²) in [5.41, 5.74) is 0.886. The summed E-state index contributed by atoms with van der Waals surface area (Å²) in [6.45, 7) is 4.28. The molecule has 0 saturated carbocycles. The number of hydrogen-bond donors (Lipinski definition) is 1. The molecule has 6 nitrogen and oxygen atoms in total. The zero-order valence-electron chi connectivity index (χ0n) is 10.7. The molecule has 2 heterocycles. The molecule has 2 rings (SSSR count). The molecular formula is C12H14ClN5O. The van der Waals surface area contributed by atoms with Crippen LogP contribution in [0.15, 0.2) is 24.4 Å². The fourth-order valence-electron chi connectivity index (χ4n) is 1.49. The number of hydrogen-bond acceptors (Lipinski definition) is 6. The molecule has 1 unspecified atom stereocenters. The van der Waals surface area contributed by atoms with E-state index in [9.17, 15) is 0 Å². The van der Waals surface area contributed by atoms with Crippen molar-refractivity contribution in [2.24, 2.45) is 0 Å². The monoisotopic (exact) mass is 279 g/mol. The Hall–Kier alpha value is -1.95. The van der Waals surface area contributed by atoms with Gasteiger partial charge in [0.1, 0.15) is 0 Å². The third kappa shape index (κ3) is 3.75. The topological polar surface area (TPSA) is 72.8 Å². The minimum absolute atomic E-state index is 0.0471. The van der Waals surface area contributed by atoms with E-state index in [1.807, 2.05) is 32.0 Å². The van der Waals surface area contributed by atoms with Gasteiger partial charge < -0.3 is 10.1 Å². The largest absolute Gasteiger partial charge is 0.464 e. The Morgan fingerprint density at radius 2 is 2.16 bits per heavy atom. The van der Waals surface area contributed by atoms with Gasteiger partial charge in [-0.2, -0.15) is 15.0 Å². The summed E-state index contributed by atoms with van der Waals surface area (Å²) in [6.07, 6.45) is 1.74. The minimum Gasteiger partial charge on any atom is -0.464 e. The van der Waals surface area contributed by atoms with Crippen molar-refractivity contribution in [1.29, 1.82) is 0 Å². The number of aromatic nitrogens is 4. The van der Waals surface area contributed by atoms with Crippen molar-refractivity contribution >= 4 is 17.5 Å². The molecule has 0 aliphatic rings. The third-order valence-electron chi connectivity index (χ3n) is 2.34. The first-order valence-corrected chi connectivity index (χ1v) is 6.28. The van der Waals surface area contributed by atoms with Crippen LogP contribution in [0.5, 0.6) is 6.01 Å². The summed E-state index contributed by atoms with van der Waals surface area (Å²) in [7, 11) is 0. The normalized spacial score (nSPS) is 11.9. The van der Waals surface area contributed by atoms with Crippen LogP contribution in [0.4, 0.5) is 5.95 Å². The fourth-order valence-corrected chi connectivity index (χ4v) is 1.64. The molecule has 1 N–H and O–H groups in total. The van der Waals surface area contributed by atoms with Gasteiger partial charge in [0.15, 0.2) is 0 Å². The third-order valence-corrected chi connectivity index (χ3v) is 2.51. The Labute approximate surface area is 116 Å². The van der Waals surface area contributed by atoms with Crippen LogP contribution in [0.25, 0.3) is 0 Å². The number of halogens is 1. The van der Waals surface area contributed by atoms with Crippen LogP contribution in [-0.4, -0.2) is 26.5 Å². The molecule has 0 fully saturated rings. The molecule has 0 aliphatic carbocycles.